The molecule has 4 rings (SSSR count). The van der Waals surface area contributed by atoms with Gasteiger partial charge < -0.3 is 4.74 Å². The lowest BCUT2D eigenvalue weighted by molar-refractivity contribution is 0.170. The van der Waals surface area contributed by atoms with E-state index in [0.717, 1.165) is 43.7 Å². The van der Waals surface area contributed by atoms with E-state index in [0.29, 0.717) is 9.99 Å². The van der Waals surface area contributed by atoms with Crippen LogP contribution in [0.3, 0.4) is 0 Å². The number of ether oxygens (including phenoxy) is 1. The SMILES string of the molecule is COc1ccc(CN2CCCC(n3c(=O)n(C)c4cc(Br)c(F)cc43)C2)cc1. The largest absolute Gasteiger partial charge is 0.497 e. The Hall–Kier alpha value is -2.12. The molecule has 0 amide bonds. The van der Waals surface area contributed by atoms with Gasteiger partial charge in [-0.3, -0.25) is 14.0 Å². The molecular formula is C21H23BrFN3O2. The number of hydrogen-bond donors (Lipinski definition) is 0. The number of aromatic nitrogens is 2. The first-order valence-corrected chi connectivity index (χ1v) is 10.2. The summed E-state index contributed by atoms with van der Waals surface area (Å²) >= 11 is 3.22. The molecule has 148 valence electrons. The van der Waals surface area contributed by atoms with E-state index >= 15 is 0 Å². The van der Waals surface area contributed by atoms with Gasteiger partial charge in [-0.15, -0.1) is 0 Å². The molecule has 1 aliphatic heterocycles. The first-order valence-electron chi connectivity index (χ1n) is 9.39. The maximum Gasteiger partial charge on any atom is 0.329 e. The molecule has 0 aliphatic carbocycles. The molecule has 2 aromatic carbocycles. The molecule has 0 bridgehead atoms. The van der Waals surface area contributed by atoms with Gasteiger partial charge in [-0.2, -0.15) is 0 Å². The van der Waals surface area contributed by atoms with Crippen LogP contribution in [0.25, 0.3) is 11.0 Å². The number of benzene rings is 2. The van der Waals surface area contributed by atoms with Crippen LogP contribution in [0.15, 0.2) is 45.7 Å². The number of methoxy groups -OCH3 is 1. The highest BCUT2D eigenvalue weighted by Crippen LogP contribution is 2.28. The lowest BCUT2D eigenvalue weighted by atomic mass is 10.0. The Kier molecular flexibility index (Phi) is 5.29. The van der Waals surface area contributed by atoms with Gasteiger partial charge >= 0.3 is 5.69 Å². The van der Waals surface area contributed by atoms with Crippen LogP contribution in [0.4, 0.5) is 4.39 Å². The topological polar surface area (TPSA) is 39.4 Å². The van der Waals surface area contributed by atoms with Crippen molar-refractivity contribution in [2.45, 2.75) is 25.4 Å². The van der Waals surface area contributed by atoms with Crippen LogP contribution in [-0.2, 0) is 13.6 Å². The van der Waals surface area contributed by atoms with Crippen molar-refractivity contribution in [3.05, 3.63) is 62.7 Å². The van der Waals surface area contributed by atoms with Gasteiger partial charge in [0.1, 0.15) is 11.6 Å². The molecule has 1 atom stereocenters. The molecule has 1 unspecified atom stereocenters. The van der Waals surface area contributed by atoms with Crippen LogP contribution in [0.1, 0.15) is 24.4 Å². The summed E-state index contributed by atoms with van der Waals surface area (Å²) in [6, 6.07) is 11.2. The molecule has 0 spiro atoms. The zero-order valence-corrected chi connectivity index (χ0v) is 17.6. The standard InChI is InChI=1S/C21H23BrFN3O2/c1-24-19-10-17(22)18(23)11-20(19)26(21(24)27)15-4-3-9-25(13-15)12-14-5-7-16(28-2)8-6-14/h5-8,10-11,15H,3-4,9,12-13H2,1-2H3. The predicted molar refractivity (Wildman–Crippen MR) is 111 cm³/mol. The zero-order chi connectivity index (χ0) is 19.8. The smallest absolute Gasteiger partial charge is 0.329 e. The molecular weight excluding hydrogens is 425 g/mol. The van der Waals surface area contributed by atoms with E-state index in [9.17, 15) is 9.18 Å². The van der Waals surface area contributed by atoms with Crippen LogP contribution in [0.5, 0.6) is 5.75 Å². The molecule has 0 saturated carbocycles. The van der Waals surface area contributed by atoms with Crippen molar-refractivity contribution in [1.29, 1.82) is 0 Å². The van der Waals surface area contributed by atoms with Gasteiger partial charge in [0.2, 0.25) is 0 Å². The normalized spacial score (nSPS) is 17.9. The highest BCUT2D eigenvalue weighted by molar-refractivity contribution is 9.10. The average Bonchev–Trinajstić information content (AvgIpc) is 2.93. The number of piperidine rings is 1. The summed E-state index contributed by atoms with van der Waals surface area (Å²) in [4.78, 5) is 15.3. The Bertz CT molecular complexity index is 1060. The summed E-state index contributed by atoms with van der Waals surface area (Å²) in [5, 5.41) is 0. The third-order valence-electron chi connectivity index (χ3n) is 5.54. The minimum absolute atomic E-state index is 0.0313. The quantitative estimate of drug-likeness (QED) is 0.604. The summed E-state index contributed by atoms with van der Waals surface area (Å²) in [6.07, 6.45) is 1.92. The van der Waals surface area contributed by atoms with E-state index in [1.165, 1.54) is 11.6 Å². The number of fused-ring (bicyclic) bond motifs is 1. The lowest BCUT2D eigenvalue weighted by Crippen LogP contribution is -2.39. The predicted octanol–water partition coefficient (Wildman–Crippen LogP) is 4.09. The van der Waals surface area contributed by atoms with Crippen LogP contribution in [0, 0.1) is 5.82 Å². The van der Waals surface area contributed by atoms with Crippen LogP contribution in [0.2, 0.25) is 0 Å². The minimum Gasteiger partial charge on any atom is -0.497 e. The van der Waals surface area contributed by atoms with Gasteiger partial charge in [0.15, 0.2) is 0 Å². The van der Waals surface area contributed by atoms with Crippen molar-refractivity contribution >= 4 is 27.0 Å². The van der Waals surface area contributed by atoms with Gasteiger partial charge in [-0.1, -0.05) is 12.1 Å². The summed E-state index contributed by atoms with van der Waals surface area (Å²) < 4.78 is 23.1. The fourth-order valence-electron chi connectivity index (χ4n) is 4.08. The van der Waals surface area contributed by atoms with Crippen molar-refractivity contribution in [2.75, 3.05) is 20.2 Å². The Morgan fingerprint density at radius 3 is 2.68 bits per heavy atom. The van der Waals surface area contributed by atoms with Crippen molar-refractivity contribution < 1.29 is 9.13 Å². The third kappa shape index (κ3) is 3.49. The number of likely N-dealkylation sites (tertiary alicyclic amines) is 1. The number of rotatable bonds is 4. The van der Waals surface area contributed by atoms with E-state index < -0.39 is 0 Å². The number of aryl methyl sites for hydroxylation is 1. The molecule has 2 heterocycles. The van der Waals surface area contributed by atoms with Crippen molar-refractivity contribution in [2.24, 2.45) is 7.05 Å². The second kappa shape index (κ2) is 7.72. The molecule has 28 heavy (non-hydrogen) atoms. The lowest BCUT2D eigenvalue weighted by Gasteiger charge is -2.33. The van der Waals surface area contributed by atoms with Gasteiger partial charge in [0.25, 0.3) is 0 Å². The number of hydrogen-bond acceptors (Lipinski definition) is 3. The van der Waals surface area contributed by atoms with Crippen molar-refractivity contribution in [3.63, 3.8) is 0 Å². The second-order valence-electron chi connectivity index (χ2n) is 7.35. The third-order valence-corrected chi connectivity index (χ3v) is 6.15. The monoisotopic (exact) mass is 447 g/mol. The van der Waals surface area contributed by atoms with E-state index in [-0.39, 0.29) is 17.5 Å². The Labute approximate surface area is 171 Å². The summed E-state index contributed by atoms with van der Waals surface area (Å²) in [6.45, 7) is 2.57. The number of halogens is 2. The molecule has 0 N–H and O–H groups in total. The first kappa shape index (κ1) is 19.2. The van der Waals surface area contributed by atoms with Gasteiger partial charge in [-0.05, 0) is 59.1 Å². The maximum absolute atomic E-state index is 14.2. The van der Waals surface area contributed by atoms with Gasteiger partial charge in [0, 0.05) is 26.2 Å². The molecule has 1 aliphatic rings. The van der Waals surface area contributed by atoms with Crippen molar-refractivity contribution in [3.8, 4) is 5.75 Å². The maximum atomic E-state index is 14.2. The molecule has 5 nitrogen and oxygen atoms in total. The highest BCUT2D eigenvalue weighted by Gasteiger charge is 2.26. The van der Waals surface area contributed by atoms with E-state index in [4.69, 9.17) is 4.74 Å². The van der Waals surface area contributed by atoms with Gasteiger partial charge in [0.05, 0.1) is 28.7 Å². The fraction of sp³-hybridized carbons (Fsp3) is 0.381. The molecule has 7 heteroatoms. The summed E-state index contributed by atoms with van der Waals surface area (Å²) in [5.74, 6) is 0.494. The number of imidazole rings is 1. The van der Waals surface area contributed by atoms with Crippen molar-refractivity contribution in [1.82, 2.24) is 14.0 Å². The summed E-state index contributed by atoms with van der Waals surface area (Å²) in [5.41, 5.74) is 2.51. The average molecular weight is 448 g/mol. The Morgan fingerprint density at radius 1 is 1.21 bits per heavy atom. The van der Waals surface area contributed by atoms with E-state index in [1.54, 1.807) is 29.4 Å². The zero-order valence-electron chi connectivity index (χ0n) is 16.0. The van der Waals surface area contributed by atoms with Gasteiger partial charge in [-0.25, -0.2) is 9.18 Å². The molecule has 1 fully saturated rings. The van der Waals surface area contributed by atoms with E-state index in [2.05, 4.69) is 33.0 Å². The Balaban J connectivity index is 1.62. The first-order chi connectivity index (χ1) is 13.5. The second-order valence-corrected chi connectivity index (χ2v) is 8.20. The van der Waals surface area contributed by atoms with Crippen LogP contribution < -0.4 is 10.4 Å². The molecule has 3 aromatic rings. The molecule has 1 saturated heterocycles. The summed E-state index contributed by atoms with van der Waals surface area (Å²) in [7, 11) is 3.40. The van der Waals surface area contributed by atoms with Crippen LogP contribution >= 0.6 is 15.9 Å². The van der Waals surface area contributed by atoms with Crippen LogP contribution in [-0.4, -0.2) is 34.2 Å². The fourth-order valence-corrected chi connectivity index (χ4v) is 4.41. The van der Waals surface area contributed by atoms with E-state index in [1.807, 2.05) is 12.1 Å². The Morgan fingerprint density at radius 2 is 1.96 bits per heavy atom. The highest BCUT2D eigenvalue weighted by atomic mass is 79.9. The molecule has 0 radical (unpaired) electrons. The molecule has 1 aromatic heterocycles. The number of nitrogens with zero attached hydrogens (tertiary/aromatic N) is 3. The minimum atomic E-state index is -0.349.